The summed E-state index contributed by atoms with van der Waals surface area (Å²) in [5, 5.41) is 5.33. The van der Waals surface area contributed by atoms with Crippen LogP contribution < -0.4 is 5.32 Å². The summed E-state index contributed by atoms with van der Waals surface area (Å²) in [7, 11) is 0. The maximum atomic E-state index is 12.1. The van der Waals surface area contributed by atoms with Crippen LogP contribution in [0.25, 0.3) is 11.3 Å². The normalized spacial score (nSPS) is 17.9. The summed E-state index contributed by atoms with van der Waals surface area (Å²) in [6.07, 6.45) is 0.517. The van der Waals surface area contributed by atoms with E-state index in [1.54, 1.807) is 0 Å². The summed E-state index contributed by atoms with van der Waals surface area (Å²) in [5.41, 5.74) is 3.25. The van der Waals surface area contributed by atoms with E-state index >= 15 is 0 Å². The van der Waals surface area contributed by atoms with E-state index in [1.807, 2.05) is 5.38 Å². The minimum Gasteiger partial charge on any atom is -0.376 e. The molecule has 24 heavy (non-hydrogen) atoms. The number of nitrogens with one attached hydrogen (secondary N) is 1. The molecule has 0 unspecified atom stereocenters. The maximum Gasteiger partial charge on any atom is 0.257 e. The molecule has 3 rings (SSSR count). The van der Waals surface area contributed by atoms with Gasteiger partial charge in [-0.1, -0.05) is 38.1 Å². The highest BCUT2D eigenvalue weighted by Crippen LogP contribution is 2.26. The van der Waals surface area contributed by atoms with Crippen molar-refractivity contribution in [2.75, 3.05) is 25.1 Å². The Hall–Kier alpha value is -1.76. The van der Waals surface area contributed by atoms with Crippen molar-refractivity contribution in [2.45, 2.75) is 26.4 Å². The Bertz CT molecular complexity index is 676. The van der Waals surface area contributed by atoms with Crippen molar-refractivity contribution in [1.29, 1.82) is 0 Å². The largest absolute Gasteiger partial charge is 0.376 e. The third-order valence-corrected chi connectivity index (χ3v) is 4.49. The van der Waals surface area contributed by atoms with E-state index < -0.39 is 6.10 Å². The molecule has 6 heteroatoms. The van der Waals surface area contributed by atoms with Crippen LogP contribution in [0.1, 0.15) is 19.4 Å². The summed E-state index contributed by atoms with van der Waals surface area (Å²) in [6, 6.07) is 8.44. The summed E-state index contributed by atoms with van der Waals surface area (Å²) >= 11 is 1.41. The lowest BCUT2D eigenvalue weighted by atomic mass is 10.0. The standard InChI is InChI=1S/C18H22N2O3S/c1-12(2)9-13-3-5-14(6-4-13)15-11-24-18(19-15)20-17(21)16-10-22-7-8-23-16/h3-6,11-12,16H,7-10H2,1-2H3,(H,19,20,21)/t16-/m0/s1. The summed E-state index contributed by atoms with van der Waals surface area (Å²) in [4.78, 5) is 16.6. The molecule has 2 heterocycles. The van der Waals surface area contributed by atoms with E-state index in [4.69, 9.17) is 9.47 Å². The van der Waals surface area contributed by atoms with E-state index in [9.17, 15) is 4.79 Å². The molecule has 1 atom stereocenters. The molecule has 0 spiro atoms. The van der Waals surface area contributed by atoms with Crippen molar-refractivity contribution in [3.05, 3.63) is 35.2 Å². The molecule has 1 N–H and O–H groups in total. The Morgan fingerprint density at radius 2 is 2.12 bits per heavy atom. The minimum absolute atomic E-state index is 0.206. The van der Waals surface area contributed by atoms with Crippen LogP contribution >= 0.6 is 11.3 Å². The number of hydrogen-bond acceptors (Lipinski definition) is 5. The molecule has 1 aromatic heterocycles. The van der Waals surface area contributed by atoms with Gasteiger partial charge in [-0.3, -0.25) is 10.1 Å². The topological polar surface area (TPSA) is 60.5 Å². The minimum atomic E-state index is -0.554. The number of anilines is 1. The number of carbonyl (C=O) groups excluding carboxylic acids is 1. The molecule has 0 bridgehead atoms. The zero-order chi connectivity index (χ0) is 16.9. The van der Waals surface area contributed by atoms with Crippen LogP contribution in [0.4, 0.5) is 5.13 Å². The van der Waals surface area contributed by atoms with Crippen LogP contribution in [-0.2, 0) is 20.7 Å². The van der Waals surface area contributed by atoms with Gasteiger partial charge in [0.1, 0.15) is 0 Å². The monoisotopic (exact) mass is 346 g/mol. The van der Waals surface area contributed by atoms with Gasteiger partial charge in [0.25, 0.3) is 5.91 Å². The van der Waals surface area contributed by atoms with E-state index in [-0.39, 0.29) is 5.91 Å². The van der Waals surface area contributed by atoms with E-state index in [0.717, 1.165) is 17.7 Å². The van der Waals surface area contributed by atoms with Crippen LogP contribution in [0.3, 0.4) is 0 Å². The van der Waals surface area contributed by atoms with E-state index in [1.165, 1.54) is 16.9 Å². The van der Waals surface area contributed by atoms with Gasteiger partial charge in [-0.05, 0) is 17.9 Å². The average Bonchev–Trinajstić information content (AvgIpc) is 3.04. The number of carbonyl (C=O) groups is 1. The molecular formula is C18H22N2O3S. The maximum absolute atomic E-state index is 12.1. The Labute approximate surface area is 146 Å². The third kappa shape index (κ3) is 4.41. The first-order valence-electron chi connectivity index (χ1n) is 8.17. The van der Waals surface area contributed by atoms with Gasteiger partial charge < -0.3 is 9.47 Å². The van der Waals surface area contributed by atoms with Crippen molar-refractivity contribution >= 4 is 22.4 Å². The fourth-order valence-corrected chi connectivity index (χ4v) is 3.29. The van der Waals surface area contributed by atoms with Crippen molar-refractivity contribution in [3.8, 4) is 11.3 Å². The molecule has 1 aliphatic rings. The molecule has 5 nitrogen and oxygen atoms in total. The van der Waals surface area contributed by atoms with Gasteiger partial charge in [0.15, 0.2) is 11.2 Å². The fraction of sp³-hybridized carbons (Fsp3) is 0.444. The first-order chi connectivity index (χ1) is 11.6. The van der Waals surface area contributed by atoms with Gasteiger partial charge >= 0.3 is 0 Å². The van der Waals surface area contributed by atoms with Crippen molar-refractivity contribution < 1.29 is 14.3 Å². The van der Waals surface area contributed by atoms with Gasteiger partial charge in [0.05, 0.1) is 25.5 Å². The zero-order valence-corrected chi connectivity index (χ0v) is 14.8. The van der Waals surface area contributed by atoms with Crippen LogP contribution in [0.2, 0.25) is 0 Å². The van der Waals surface area contributed by atoms with Crippen LogP contribution in [0.5, 0.6) is 0 Å². The second-order valence-corrected chi connectivity index (χ2v) is 7.11. The highest BCUT2D eigenvalue weighted by Gasteiger charge is 2.23. The number of thiazole rings is 1. The highest BCUT2D eigenvalue weighted by atomic mass is 32.1. The van der Waals surface area contributed by atoms with Crippen LogP contribution in [0, 0.1) is 5.92 Å². The number of benzene rings is 1. The quantitative estimate of drug-likeness (QED) is 0.902. The van der Waals surface area contributed by atoms with E-state index in [0.29, 0.717) is 30.9 Å². The lowest BCUT2D eigenvalue weighted by Gasteiger charge is -2.21. The molecule has 1 aliphatic heterocycles. The number of ether oxygens (including phenoxy) is 2. The van der Waals surface area contributed by atoms with Gasteiger partial charge in [0.2, 0.25) is 0 Å². The molecule has 0 saturated carbocycles. The Morgan fingerprint density at radius 1 is 1.33 bits per heavy atom. The third-order valence-electron chi connectivity index (χ3n) is 3.74. The molecular weight excluding hydrogens is 324 g/mol. The number of nitrogens with zero attached hydrogens (tertiary/aromatic N) is 1. The molecule has 1 aromatic carbocycles. The summed E-state index contributed by atoms with van der Waals surface area (Å²) in [6.45, 7) is 5.71. The van der Waals surface area contributed by atoms with Gasteiger partial charge in [-0.15, -0.1) is 11.3 Å². The number of rotatable bonds is 5. The molecule has 0 radical (unpaired) electrons. The second kappa shape index (κ2) is 7.88. The number of amides is 1. The zero-order valence-electron chi connectivity index (χ0n) is 14.0. The van der Waals surface area contributed by atoms with Crippen LogP contribution in [-0.4, -0.2) is 36.8 Å². The first kappa shape index (κ1) is 17.1. The Balaban J connectivity index is 1.63. The Morgan fingerprint density at radius 3 is 2.79 bits per heavy atom. The second-order valence-electron chi connectivity index (χ2n) is 6.26. The van der Waals surface area contributed by atoms with Gasteiger partial charge in [-0.25, -0.2) is 4.98 Å². The average molecular weight is 346 g/mol. The fourth-order valence-electron chi connectivity index (χ4n) is 2.57. The predicted octanol–water partition coefficient (Wildman–Crippen LogP) is 3.36. The van der Waals surface area contributed by atoms with Gasteiger partial charge in [0, 0.05) is 10.9 Å². The molecule has 1 amide bonds. The molecule has 2 aromatic rings. The molecule has 1 saturated heterocycles. The molecule has 1 fully saturated rings. The smallest absolute Gasteiger partial charge is 0.257 e. The summed E-state index contributed by atoms with van der Waals surface area (Å²) < 4.78 is 10.6. The predicted molar refractivity (Wildman–Crippen MR) is 95.3 cm³/mol. The number of hydrogen-bond donors (Lipinski definition) is 1. The van der Waals surface area contributed by atoms with Crippen molar-refractivity contribution in [2.24, 2.45) is 5.92 Å². The van der Waals surface area contributed by atoms with Crippen LogP contribution in [0.15, 0.2) is 29.6 Å². The van der Waals surface area contributed by atoms with Gasteiger partial charge in [-0.2, -0.15) is 0 Å². The first-order valence-corrected chi connectivity index (χ1v) is 9.05. The van der Waals surface area contributed by atoms with Crippen molar-refractivity contribution in [1.82, 2.24) is 4.98 Å². The Kier molecular flexibility index (Phi) is 5.60. The lowest BCUT2D eigenvalue weighted by Crippen LogP contribution is -2.39. The number of aromatic nitrogens is 1. The molecule has 128 valence electrons. The lowest BCUT2D eigenvalue weighted by molar-refractivity contribution is -0.142. The molecule has 0 aliphatic carbocycles. The summed E-state index contributed by atoms with van der Waals surface area (Å²) in [5.74, 6) is 0.436. The highest BCUT2D eigenvalue weighted by molar-refractivity contribution is 7.14. The van der Waals surface area contributed by atoms with Crippen molar-refractivity contribution in [3.63, 3.8) is 0 Å². The van der Waals surface area contributed by atoms with E-state index in [2.05, 4.69) is 48.4 Å². The SMILES string of the molecule is CC(C)Cc1ccc(-c2csc(NC(=O)[C@@H]3COCCO3)n2)cc1.